The summed E-state index contributed by atoms with van der Waals surface area (Å²) in [5.74, 6) is -0.0801. The lowest BCUT2D eigenvalue weighted by Crippen LogP contribution is -2.42. The van der Waals surface area contributed by atoms with Gasteiger partial charge in [0.2, 0.25) is 5.91 Å². The Kier molecular flexibility index (Phi) is 6.51. The Morgan fingerprint density at radius 2 is 1.96 bits per heavy atom. The summed E-state index contributed by atoms with van der Waals surface area (Å²) < 4.78 is 0. The predicted octanol–water partition coefficient (Wildman–Crippen LogP) is 4.33. The number of benzene rings is 1. The number of carbonyl (C=O) groups is 1. The molecule has 0 radical (unpaired) electrons. The van der Waals surface area contributed by atoms with E-state index in [1.54, 1.807) is 11.3 Å². The average Bonchev–Trinajstić information content (AvgIpc) is 3.31. The van der Waals surface area contributed by atoms with Crippen LogP contribution >= 0.6 is 22.9 Å². The van der Waals surface area contributed by atoms with E-state index in [0.717, 1.165) is 25.1 Å². The van der Waals surface area contributed by atoms with Crippen LogP contribution in [0.3, 0.4) is 0 Å². The van der Waals surface area contributed by atoms with Gasteiger partial charge in [-0.15, -0.1) is 11.3 Å². The molecule has 1 aromatic carbocycles. The van der Waals surface area contributed by atoms with Crippen LogP contribution in [0.4, 0.5) is 0 Å². The van der Waals surface area contributed by atoms with E-state index in [-0.39, 0.29) is 11.8 Å². The summed E-state index contributed by atoms with van der Waals surface area (Å²) in [6, 6.07) is 12.2. The van der Waals surface area contributed by atoms with Crippen molar-refractivity contribution in [3.05, 3.63) is 57.2 Å². The summed E-state index contributed by atoms with van der Waals surface area (Å²) in [7, 11) is 0. The van der Waals surface area contributed by atoms with Crippen molar-refractivity contribution in [3.8, 4) is 0 Å². The van der Waals surface area contributed by atoms with Gasteiger partial charge in [-0.05, 0) is 68.4 Å². The van der Waals surface area contributed by atoms with E-state index in [0.29, 0.717) is 17.6 Å². The molecular weight excluding hydrogens is 352 g/mol. The Bertz CT molecular complexity index is 666. The maximum Gasteiger partial charge on any atom is 0.227 e. The zero-order chi connectivity index (χ0) is 17.6. The molecule has 2 aromatic rings. The quantitative estimate of drug-likeness (QED) is 0.780. The fourth-order valence-corrected chi connectivity index (χ4v) is 4.25. The van der Waals surface area contributed by atoms with Crippen LogP contribution in [0.5, 0.6) is 0 Å². The summed E-state index contributed by atoms with van der Waals surface area (Å²) in [4.78, 5) is 16.6. The topological polar surface area (TPSA) is 32.3 Å². The highest BCUT2D eigenvalue weighted by Gasteiger charge is 2.24. The SMILES string of the molecule is CC(CNC(=O)C(Cc1cccs1)c1ccc(Cl)cc1)N1CCCC1. The fraction of sp³-hybridized carbons (Fsp3) is 0.450. The number of carbonyl (C=O) groups excluding carboxylic acids is 1. The summed E-state index contributed by atoms with van der Waals surface area (Å²) >= 11 is 7.71. The molecule has 1 aliphatic rings. The largest absolute Gasteiger partial charge is 0.354 e. The van der Waals surface area contributed by atoms with Crippen LogP contribution in [0.15, 0.2) is 41.8 Å². The van der Waals surface area contributed by atoms with Crippen LogP contribution in [-0.4, -0.2) is 36.5 Å². The molecule has 1 aliphatic heterocycles. The van der Waals surface area contributed by atoms with Crippen molar-refractivity contribution in [1.29, 1.82) is 0 Å². The number of nitrogens with one attached hydrogen (secondary N) is 1. The molecule has 1 amide bonds. The molecule has 25 heavy (non-hydrogen) atoms. The number of likely N-dealkylation sites (tertiary alicyclic amines) is 1. The van der Waals surface area contributed by atoms with Gasteiger partial charge in [-0.25, -0.2) is 0 Å². The molecule has 0 saturated carbocycles. The van der Waals surface area contributed by atoms with Crippen molar-refractivity contribution in [2.45, 2.75) is 38.1 Å². The standard InChI is InChI=1S/C20H25ClN2OS/c1-15(23-10-2-3-11-23)14-22-20(24)19(13-18-5-4-12-25-18)16-6-8-17(21)9-7-16/h4-9,12,15,19H,2-3,10-11,13-14H2,1H3,(H,22,24). The third-order valence-electron chi connectivity index (χ3n) is 4.91. The highest BCUT2D eigenvalue weighted by molar-refractivity contribution is 7.09. The molecule has 0 aliphatic carbocycles. The first-order chi connectivity index (χ1) is 12.1. The van der Waals surface area contributed by atoms with Gasteiger partial charge in [0.05, 0.1) is 5.92 Å². The van der Waals surface area contributed by atoms with Gasteiger partial charge < -0.3 is 5.32 Å². The van der Waals surface area contributed by atoms with Gasteiger partial charge in [-0.2, -0.15) is 0 Å². The molecule has 3 rings (SSSR count). The first kappa shape index (κ1) is 18.4. The van der Waals surface area contributed by atoms with Crippen LogP contribution in [0.2, 0.25) is 5.02 Å². The molecule has 2 atom stereocenters. The third-order valence-corrected chi connectivity index (χ3v) is 6.06. The van der Waals surface area contributed by atoms with Crippen molar-refractivity contribution in [3.63, 3.8) is 0 Å². The molecule has 0 spiro atoms. The molecule has 2 heterocycles. The Balaban J connectivity index is 1.66. The van der Waals surface area contributed by atoms with Crippen LogP contribution in [0, 0.1) is 0 Å². The van der Waals surface area contributed by atoms with E-state index in [1.165, 1.54) is 17.7 Å². The second-order valence-corrected chi connectivity index (χ2v) is 8.19. The molecular formula is C20H25ClN2OS. The van der Waals surface area contributed by atoms with Gasteiger partial charge in [-0.1, -0.05) is 29.8 Å². The van der Waals surface area contributed by atoms with Crippen molar-refractivity contribution >= 4 is 28.8 Å². The van der Waals surface area contributed by atoms with E-state index in [4.69, 9.17) is 11.6 Å². The van der Waals surface area contributed by atoms with Gasteiger partial charge in [0.25, 0.3) is 0 Å². The second-order valence-electron chi connectivity index (χ2n) is 6.72. The number of hydrogen-bond acceptors (Lipinski definition) is 3. The summed E-state index contributed by atoms with van der Waals surface area (Å²) in [6.07, 6.45) is 3.26. The zero-order valence-electron chi connectivity index (χ0n) is 14.6. The van der Waals surface area contributed by atoms with E-state index >= 15 is 0 Å². The number of rotatable bonds is 7. The molecule has 134 valence electrons. The van der Waals surface area contributed by atoms with E-state index < -0.39 is 0 Å². The minimum atomic E-state index is -0.179. The fourth-order valence-electron chi connectivity index (χ4n) is 3.37. The molecule has 2 unspecified atom stereocenters. The lowest BCUT2D eigenvalue weighted by molar-refractivity contribution is -0.122. The van der Waals surface area contributed by atoms with E-state index in [1.807, 2.05) is 30.3 Å². The summed E-state index contributed by atoms with van der Waals surface area (Å²) in [6.45, 7) is 5.19. The number of halogens is 1. The first-order valence-corrected chi connectivity index (χ1v) is 10.2. The van der Waals surface area contributed by atoms with Gasteiger partial charge in [0, 0.05) is 22.5 Å². The van der Waals surface area contributed by atoms with Crippen LogP contribution in [0.1, 0.15) is 36.1 Å². The van der Waals surface area contributed by atoms with Crippen molar-refractivity contribution in [1.82, 2.24) is 10.2 Å². The molecule has 1 N–H and O–H groups in total. The van der Waals surface area contributed by atoms with Crippen LogP contribution < -0.4 is 5.32 Å². The smallest absolute Gasteiger partial charge is 0.227 e. The van der Waals surface area contributed by atoms with Gasteiger partial charge in [0.1, 0.15) is 0 Å². The number of thiophene rings is 1. The van der Waals surface area contributed by atoms with Gasteiger partial charge in [0.15, 0.2) is 0 Å². The Hall–Kier alpha value is -1.36. The number of hydrogen-bond donors (Lipinski definition) is 1. The Morgan fingerprint density at radius 3 is 2.60 bits per heavy atom. The minimum Gasteiger partial charge on any atom is -0.354 e. The first-order valence-electron chi connectivity index (χ1n) is 8.93. The Morgan fingerprint density at radius 1 is 1.24 bits per heavy atom. The summed E-state index contributed by atoms with van der Waals surface area (Å²) in [5, 5.41) is 5.93. The molecule has 1 saturated heterocycles. The van der Waals surface area contributed by atoms with Crippen LogP contribution in [0.25, 0.3) is 0 Å². The second kappa shape index (κ2) is 8.84. The normalized spacial score (nSPS) is 17.4. The van der Waals surface area contributed by atoms with Crippen LogP contribution in [-0.2, 0) is 11.2 Å². The van der Waals surface area contributed by atoms with Crippen molar-refractivity contribution in [2.24, 2.45) is 0 Å². The lowest BCUT2D eigenvalue weighted by Gasteiger charge is -2.25. The monoisotopic (exact) mass is 376 g/mol. The van der Waals surface area contributed by atoms with Crippen molar-refractivity contribution in [2.75, 3.05) is 19.6 Å². The molecule has 1 fully saturated rings. The van der Waals surface area contributed by atoms with Crippen molar-refractivity contribution < 1.29 is 4.79 Å². The number of nitrogens with zero attached hydrogens (tertiary/aromatic N) is 1. The highest BCUT2D eigenvalue weighted by atomic mass is 35.5. The molecule has 5 heteroatoms. The lowest BCUT2D eigenvalue weighted by atomic mass is 9.94. The van der Waals surface area contributed by atoms with Gasteiger partial charge in [-0.3, -0.25) is 9.69 Å². The van der Waals surface area contributed by atoms with E-state index in [9.17, 15) is 4.79 Å². The minimum absolute atomic E-state index is 0.0989. The highest BCUT2D eigenvalue weighted by Crippen LogP contribution is 2.25. The summed E-state index contributed by atoms with van der Waals surface area (Å²) in [5.41, 5.74) is 1.02. The predicted molar refractivity (Wildman–Crippen MR) is 105 cm³/mol. The molecule has 3 nitrogen and oxygen atoms in total. The molecule has 1 aromatic heterocycles. The third kappa shape index (κ3) is 5.06. The van der Waals surface area contributed by atoms with Gasteiger partial charge >= 0.3 is 0 Å². The maximum absolute atomic E-state index is 12.9. The molecule has 0 bridgehead atoms. The average molecular weight is 377 g/mol. The van der Waals surface area contributed by atoms with E-state index in [2.05, 4.69) is 28.6 Å². The number of amides is 1. The Labute approximate surface area is 159 Å². The zero-order valence-corrected chi connectivity index (χ0v) is 16.2. The maximum atomic E-state index is 12.9.